The summed E-state index contributed by atoms with van der Waals surface area (Å²) in [5.41, 5.74) is 2.14. The second kappa shape index (κ2) is 8.34. The topological polar surface area (TPSA) is 126 Å². The van der Waals surface area contributed by atoms with Crippen molar-refractivity contribution in [1.29, 1.82) is 0 Å². The minimum absolute atomic E-state index is 0.0634. The molecule has 3 aromatic rings. The number of rotatable bonds is 5. The van der Waals surface area contributed by atoms with Crippen LogP contribution in [-0.2, 0) is 22.3 Å². The van der Waals surface area contributed by atoms with Gasteiger partial charge in [0, 0.05) is 0 Å². The molecule has 0 radical (unpaired) electrons. The van der Waals surface area contributed by atoms with Gasteiger partial charge in [-0.05, 0) is 29.8 Å². The molecule has 0 saturated carbocycles. The van der Waals surface area contributed by atoms with E-state index in [4.69, 9.17) is 5.11 Å². The SMILES string of the molecule is O=C(O)CN/N=c1/n(Cc2ccc(C(F)(F)F)cc2)c2ccccc2n1C(=O)C(=O)O. The van der Waals surface area contributed by atoms with Gasteiger partial charge in [0.15, 0.2) is 0 Å². The maximum absolute atomic E-state index is 12.8. The number of halogens is 3. The van der Waals surface area contributed by atoms with Crippen molar-refractivity contribution < 1.29 is 37.8 Å². The lowest BCUT2D eigenvalue weighted by Crippen LogP contribution is -2.36. The minimum atomic E-state index is -4.50. The number of imidazole rings is 1. The summed E-state index contributed by atoms with van der Waals surface area (Å²) in [5.74, 6) is -4.35. The number of carboxylic acids is 2. The largest absolute Gasteiger partial charge is 0.480 e. The van der Waals surface area contributed by atoms with E-state index in [1.807, 2.05) is 0 Å². The molecule has 2 aromatic carbocycles. The monoisotopic (exact) mass is 436 g/mol. The first-order chi connectivity index (χ1) is 14.6. The predicted octanol–water partition coefficient (Wildman–Crippen LogP) is 1.72. The van der Waals surface area contributed by atoms with Gasteiger partial charge in [-0.25, -0.2) is 9.36 Å². The van der Waals surface area contributed by atoms with Crippen molar-refractivity contribution >= 4 is 28.9 Å². The quantitative estimate of drug-likeness (QED) is 0.413. The zero-order valence-electron chi connectivity index (χ0n) is 15.6. The first-order valence-electron chi connectivity index (χ1n) is 8.72. The van der Waals surface area contributed by atoms with Crippen molar-refractivity contribution in [3.05, 3.63) is 65.3 Å². The van der Waals surface area contributed by atoms with Crippen molar-refractivity contribution in [2.45, 2.75) is 12.7 Å². The van der Waals surface area contributed by atoms with Crippen LogP contribution < -0.4 is 11.0 Å². The molecule has 9 nitrogen and oxygen atoms in total. The molecule has 3 rings (SSSR count). The molecule has 31 heavy (non-hydrogen) atoms. The van der Waals surface area contributed by atoms with Gasteiger partial charge >= 0.3 is 24.0 Å². The standard InChI is InChI=1S/C19H15F3N4O5/c20-19(21,22)12-7-5-11(6-8-12)10-25-13-3-1-2-4-14(13)26(16(29)17(30)31)18(25)24-23-9-15(27)28/h1-8,23H,9-10H2,(H,27,28)(H,30,31)/b24-18-. The Morgan fingerprint density at radius 1 is 0.968 bits per heavy atom. The average molecular weight is 436 g/mol. The highest BCUT2D eigenvalue weighted by atomic mass is 19.4. The van der Waals surface area contributed by atoms with E-state index in [0.29, 0.717) is 11.1 Å². The van der Waals surface area contributed by atoms with Gasteiger partial charge < -0.3 is 14.8 Å². The molecule has 0 bridgehead atoms. The van der Waals surface area contributed by atoms with Crippen molar-refractivity contribution in [2.75, 3.05) is 6.54 Å². The lowest BCUT2D eigenvalue weighted by Gasteiger charge is -2.09. The van der Waals surface area contributed by atoms with E-state index < -0.39 is 36.1 Å². The molecule has 0 aliphatic carbocycles. The van der Waals surface area contributed by atoms with Crippen molar-refractivity contribution in [2.24, 2.45) is 5.10 Å². The number of benzene rings is 2. The molecule has 0 aliphatic rings. The van der Waals surface area contributed by atoms with E-state index in [0.717, 1.165) is 16.7 Å². The Morgan fingerprint density at radius 2 is 1.58 bits per heavy atom. The number of fused-ring (bicyclic) bond motifs is 1. The molecule has 1 aromatic heterocycles. The molecule has 162 valence electrons. The third-order valence-electron chi connectivity index (χ3n) is 4.27. The van der Waals surface area contributed by atoms with Gasteiger partial charge in [0.2, 0.25) is 5.62 Å². The average Bonchev–Trinajstić information content (AvgIpc) is 3.00. The van der Waals surface area contributed by atoms with Gasteiger partial charge in [0.25, 0.3) is 0 Å². The number of carboxylic acid groups (broad SMARTS) is 2. The fraction of sp³-hybridized carbons (Fsp3) is 0.158. The molecular formula is C19H15F3N4O5. The number of carbonyl (C=O) groups is 3. The highest BCUT2D eigenvalue weighted by molar-refractivity contribution is 6.33. The summed E-state index contributed by atoms with van der Waals surface area (Å²) < 4.78 is 40.6. The molecule has 0 amide bonds. The maximum atomic E-state index is 12.8. The van der Waals surface area contributed by atoms with E-state index in [1.165, 1.54) is 22.8 Å². The van der Waals surface area contributed by atoms with Crippen molar-refractivity contribution in [1.82, 2.24) is 14.6 Å². The molecule has 0 unspecified atom stereocenters. The molecule has 0 spiro atoms. The van der Waals surface area contributed by atoms with E-state index in [1.54, 1.807) is 18.2 Å². The van der Waals surface area contributed by atoms with Gasteiger partial charge in [-0.15, -0.1) is 5.10 Å². The Morgan fingerprint density at radius 3 is 2.13 bits per heavy atom. The summed E-state index contributed by atoms with van der Waals surface area (Å²) in [5, 5.41) is 21.9. The van der Waals surface area contributed by atoms with Crippen LogP contribution in [0.5, 0.6) is 0 Å². The normalized spacial score (nSPS) is 12.2. The summed E-state index contributed by atoms with van der Waals surface area (Å²) in [6, 6.07) is 10.5. The van der Waals surface area contributed by atoms with E-state index in [2.05, 4.69) is 10.5 Å². The maximum Gasteiger partial charge on any atom is 0.416 e. The Kier molecular flexibility index (Phi) is 5.81. The number of alkyl halides is 3. The molecule has 0 atom stereocenters. The minimum Gasteiger partial charge on any atom is -0.480 e. The third kappa shape index (κ3) is 4.57. The van der Waals surface area contributed by atoms with E-state index >= 15 is 0 Å². The highest BCUT2D eigenvalue weighted by Crippen LogP contribution is 2.29. The van der Waals surface area contributed by atoms with Crippen LogP contribution in [0, 0.1) is 0 Å². The molecule has 3 N–H and O–H groups in total. The van der Waals surface area contributed by atoms with Crippen molar-refractivity contribution in [3.63, 3.8) is 0 Å². The fourth-order valence-corrected chi connectivity index (χ4v) is 2.94. The molecule has 12 heteroatoms. The summed E-state index contributed by atoms with van der Waals surface area (Å²) in [7, 11) is 0. The Hall–Kier alpha value is -4.09. The van der Waals surface area contributed by atoms with Crippen LogP contribution in [-0.4, -0.2) is 43.7 Å². The smallest absolute Gasteiger partial charge is 0.416 e. The molecule has 0 fully saturated rings. The highest BCUT2D eigenvalue weighted by Gasteiger charge is 2.30. The van der Waals surface area contributed by atoms with E-state index in [9.17, 15) is 32.7 Å². The second-order valence-electron chi connectivity index (χ2n) is 6.36. The predicted molar refractivity (Wildman–Crippen MR) is 99.9 cm³/mol. The van der Waals surface area contributed by atoms with Crippen LogP contribution in [0.4, 0.5) is 13.2 Å². The van der Waals surface area contributed by atoms with Crippen LogP contribution in [0.15, 0.2) is 53.6 Å². The van der Waals surface area contributed by atoms with Gasteiger partial charge in [-0.2, -0.15) is 13.2 Å². The lowest BCUT2D eigenvalue weighted by molar-refractivity contribution is -0.138. The number of hydrogen-bond donors (Lipinski definition) is 3. The number of nitrogens with one attached hydrogen (secondary N) is 1. The number of nitrogens with zero attached hydrogens (tertiary/aromatic N) is 3. The number of aromatic nitrogens is 2. The Balaban J connectivity index is 2.18. The molecular weight excluding hydrogens is 421 g/mol. The van der Waals surface area contributed by atoms with Crippen LogP contribution in [0.3, 0.4) is 0 Å². The molecule has 0 aliphatic heterocycles. The zero-order chi connectivity index (χ0) is 22.8. The zero-order valence-corrected chi connectivity index (χ0v) is 15.6. The summed E-state index contributed by atoms with van der Waals surface area (Å²) in [6.07, 6.45) is -4.50. The molecule has 1 heterocycles. The summed E-state index contributed by atoms with van der Waals surface area (Å²) >= 11 is 0. The first-order valence-corrected chi connectivity index (χ1v) is 8.72. The van der Waals surface area contributed by atoms with Gasteiger partial charge in [0.1, 0.15) is 6.54 Å². The number of hydrogen-bond acceptors (Lipinski definition) is 5. The third-order valence-corrected chi connectivity index (χ3v) is 4.27. The summed E-state index contributed by atoms with van der Waals surface area (Å²) in [6.45, 7) is -0.671. The van der Waals surface area contributed by atoms with Gasteiger partial charge in [0.05, 0.1) is 23.1 Å². The number of carbonyl (C=O) groups excluding carboxylic acids is 1. The van der Waals surface area contributed by atoms with Crippen LogP contribution in [0.2, 0.25) is 0 Å². The Bertz CT molecular complexity index is 1230. The van der Waals surface area contributed by atoms with Crippen molar-refractivity contribution in [3.8, 4) is 0 Å². The van der Waals surface area contributed by atoms with Gasteiger partial charge in [-0.1, -0.05) is 24.3 Å². The molecule has 0 saturated heterocycles. The second-order valence-corrected chi connectivity index (χ2v) is 6.36. The van der Waals surface area contributed by atoms with E-state index in [-0.39, 0.29) is 17.7 Å². The Labute approximate surface area is 171 Å². The van der Waals surface area contributed by atoms with Crippen LogP contribution >= 0.6 is 0 Å². The van der Waals surface area contributed by atoms with Crippen LogP contribution in [0.25, 0.3) is 11.0 Å². The number of para-hydroxylation sites is 2. The van der Waals surface area contributed by atoms with Crippen LogP contribution in [0.1, 0.15) is 15.9 Å². The summed E-state index contributed by atoms with van der Waals surface area (Å²) in [4.78, 5) is 34.4. The lowest BCUT2D eigenvalue weighted by atomic mass is 10.1. The van der Waals surface area contributed by atoms with Gasteiger partial charge in [-0.3, -0.25) is 15.0 Å². The fourth-order valence-electron chi connectivity index (χ4n) is 2.94. The number of aliphatic carboxylic acids is 2. The first kappa shape index (κ1) is 21.6.